The van der Waals surface area contributed by atoms with Crippen LogP contribution in [-0.4, -0.2) is 10.2 Å². The van der Waals surface area contributed by atoms with Gasteiger partial charge in [-0.15, -0.1) is 0 Å². The monoisotopic (exact) mass is 214 g/mol. The number of nitriles is 1. The van der Waals surface area contributed by atoms with E-state index in [-0.39, 0.29) is 11.1 Å². The summed E-state index contributed by atoms with van der Waals surface area (Å²) in [7, 11) is 1.54. The molecule has 1 atom stereocenters. The van der Waals surface area contributed by atoms with Gasteiger partial charge in [0.1, 0.15) is 17.9 Å². The van der Waals surface area contributed by atoms with E-state index in [2.05, 4.69) is 12.6 Å². The first kappa shape index (κ1) is 10.0. The van der Waals surface area contributed by atoms with Crippen LogP contribution in [0.4, 0.5) is 0 Å². The van der Waals surface area contributed by atoms with Crippen molar-refractivity contribution in [1.82, 2.24) is 3.96 Å². The van der Waals surface area contributed by atoms with Crippen LogP contribution in [0.25, 0.3) is 0 Å². The SMILES string of the molecule is Cn1sc(C(S)C=O)c(C#N)c1=O. The van der Waals surface area contributed by atoms with Gasteiger partial charge in [-0.25, -0.2) is 0 Å². The molecule has 0 aliphatic heterocycles. The molecule has 1 rings (SSSR count). The number of aldehydes is 1. The number of rotatable bonds is 2. The van der Waals surface area contributed by atoms with Crippen molar-refractivity contribution in [1.29, 1.82) is 5.26 Å². The summed E-state index contributed by atoms with van der Waals surface area (Å²) < 4.78 is 1.31. The van der Waals surface area contributed by atoms with Crippen LogP contribution in [0.2, 0.25) is 0 Å². The van der Waals surface area contributed by atoms with Gasteiger partial charge in [-0.05, 0) is 0 Å². The molecule has 1 heterocycles. The fourth-order valence-corrected chi connectivity index (χ4v) is 1.99. The van der Waals surface area contributed by atoms with Gasteiger partial charge in [-0.1, -0.05) is 11.5 Å². The van der Waals surface area contributed by atoms with Gasteiger partial charge in [-0.3, -0.25) is 8.75 Å². The highest BCUT2D eigenvalue weighted by atomic mass is 32.1. The predicted molar refractivity (Wildman–Crippen MR) is 52.1 cm³/mol. The third kappa shape index (κ3) is 1.66. The molecule has 0 N–H and O–H groups in total. The summed E-state index contributed by atoms with van der Waals surface area (Å²) >= 11 is 5.02. The van der Waals surface area contributed by atoms with Crippen molar-refractivity contribution in [2.24, 2.45) is 7.05 Å². The Balaban J connectivity index is 3.40. The molecule has 0 fully saturated rings. The predicted octanol–water partition coefficient (Wildman–Crippen LogP) is 0.488. The zero-order valence-corrected chi connectivity index (χ0v) is 8.43. The fourth-order valence-electron chi connectivity index (χ4n) is 0.864. The number of nitrogens with zero attached hydrogens (tertiary/aromatic N) is 2. The molecule has 0 spiro atoms. The van der Waals surface area contributed by atoms with Crippen LogP contribution in [0.15, 0.2) is 4.79 Å². The van der Waals surface area contributed by atoms with E-state index in [1.165, 1.54) is 3.96 Å². The summed E-state index contributed by atoms with van der Waals surface area (Å²) in [6.07, 6.45) is 0.592. The molecule has 1 unspecified atom stereocenters. The van der Waals surface area contributed by atoms with Crippen molar-refractivity contribution >= 4 is 30.4 Å². The molecule has 68 valence electrons. The molecule has 0 aliphatic carbocycles. The van der Waals surface area contributed by atoms with E-state index in [4.69, 9.17) is 5.26 Å². The Hall–Kier alpha value is -1.06. The maximum Gasteiger partial charge on any atom is 0.278 e. The molecule has 13 heavy (non-hydrogen) atoms. The average molecular weight is 214 g/mol. The number of aryl methyl sites for hydroxylation is 1. The Kier molecular flexibility index (Phi) is 2.90. The number of thiol groups is 1. The highest BCUT2D eigenvalue weighted by molar-refractivity contribution is 7.81. The number of carbonyl (C=O) groups excluding carboxylic acids is 1. The van der Waals surface area contributed by atoms with Gasteiger partial charge in [0.2, 0.25) is 0 Å². The van der Waals surface area contributed by atoms with Crippen molar-refractivity contribution in [3.05, 3.63) is 20.8 Å². The summed E-state index contributed by atoms with van der Waals surface area (Å²) in [5.74, 6) is 0. The second kappa shape index (κ2) is 3.77. The molecular weight excluding hydrogens is 208 g/mol. The first-order valence-corrected chi connectivity index (χ1v) is 4.64. The first-order valence-electron chi connectivity index (χ1n) is 3.35. The molecule has 6 heteroatoms. The third-order valence-corrected chi connectivity index (χ3v) is 3.14. The number of carbonyl (C=O) groups is 1. The van der Waals surface area contributed by atoms with E-state index in [0.29, 0.717) is 11.2 Å². The number of hydrogen-bond acceptors (Lipinski definition) is 5. The second-order valence-corrected chi connectivity index (χ2v) is 4.05. The Bertz CT molecular complexity index is 427. The van der Waals surface area contributed by atoms with Gasteiger partial charge in [0.25, 0.3) is 5.56 Å². The van der Waals surface area contributed by atoms with Crippen LogP contribution in [0, 0.1) is 11.3 Å². The van der Waals surface area contributed by atoms with E-state index in [1.54, 1.807) is 13.1 Å². The van der Waals surface area contributed by atoms with Gasteiger partial charge in [-0.2, -0.15) is 17.9 Å². The zero-order valence-electron chi connectivity index (χ0n) is 6.72. The molecule has 1 aromatic rings. The maximum absolute atomic E-state index is 11.2. The van der Waals surface area contributed by atoms with Crippen molar-refractivity contribution in [2.45, 2.75) is 5.25 Å². The largest absolute Gasteiger partial charge is 0.302 e. The van der Waals surface area contributed by atoms with Gasteiger partial charge in [0, 0.05) is 7.05 Å². The van der Waals surface area contributed by atoms with Crippen LogP contribution in [0.5, 0.6) is 0 Å². The minimum atomic E-state index is -0.687. The van der Waals surface area contributed by atoms with Crippen molar-refractivity contribution < 1.29 is 4.79 Å². The second-order valence-electron chi connectivity index (χ2n) is 2.33. The van der Waals surface area contributed by atoms with E-state index >= 15 is 0 Å². The first-order chi connectivity index (χ1) is 6.11. The van der Waals surface area contributed by atoms with Crippen molar-refractivity contribution in [3.63, 3.8) is 0 Å². The summed E-state index contributed by atoms with van der Waals surface area (Å²) in [5, 5.41) is 7.96. The molecule has 0 bridgehead atoms. The van der Waals surface area contributed by atoms with E-state index in [9.17, 15) is 9.59 Å². The van der Waals surface area contributed by atoms with E-state index in [1.807, 2.05) is 0 Å². The topological polar surface area (TPSA) is 62.9 Å². The summed E-state index contributed by atoms with van der Waals surface area (Å²) in [6, 6.07) is 1.77. The Morgan fingerprint density at radius 2 is 2.38 bits per heavy atom. The summed E-state index contributed by atoms with van der Waals surface area (Å²) in [5.41, 5.74) is -0.358. The van der Waals surface area contributed by atoms with Gasteiger partial charge in [0.05, 0.1) is 10.1 Å². The minimum absolute atomic E-state index is 0.0135. The molecule has 4 nitrogen and oxygen atoms in total. The van der Waals surface area contributed by atoms with Crippen LogP contribution in [0.3, 0.4) is 0 Å². The van der Waals surface area contributed by atoms with Crippen LogP contribution >= 0.6 is 24.2 Å². The highest BCUT2D eigenvalue weighted by Crippen LogP contribution is 2.23. The van der Waals surface area contributed by atoms with E-state index < -0.39 is 5.25 Å². The molecule has 0 radical (unpaired) electrons. The fraction of sp³-hybridized carbons (Fsp3) is 0.286. The molecule has 1 aromatic heterocycles. The van der Waals surface area contributed by atoms with E-state index in [0.717, 1.165) is 11.5 Å². The standard InChI is InChI=1S/C7H6N2O2S2/c1-9-7(11)4(2-8)6(13-9)5(12)3-10/h3,5,12H,1H3. The molecule has 0 amide bonds. The molecular formula is C7H6N2O2S2. The van der Waals surface area contributed by atoms with Crippen molar-refractivity contribution in [2.75, 3.05) is 0 Å². The van der Waals surface area contributed by atoms with Gasteiger partial charge >= 0.3 is 0 Å². The van der Waals surface area contributed by atoms with Crippen LogP contribution < -0.4 is 5.56 Å². The van der Waals surface area contributed by atoms with Crippen molar-refractivity contribution in [3.8, 4) is 6.07 Å². The molecule has 0 saturated heterocycles. The summed E-state index contributed by atoms with van der Waals surface area (Å²) in [6.45, 7) is 0. The molecule has 0 saturated carbocycles. The Morgan fingerprint density at radius 3 is 2.85 bits per heavy atom. The number of aromatic nitrogens is 1. The Labute approximate surface area is 84.0 Å². The molecule has 0 aliphatic rings. The molecule has 0 aromatic carbocycles. The lowest BCUT2D eigenvalue weighted by atomic mass is 10.2. The smallest absolute Gasteiger partial charge is 0.278 e. The van der Waals surface area contributed by atoms with Crippen LogP contribution in [-0.2, 0) is 11.8 Å². The maximum atomic E-state index is 11.2. The lowest BCUT2D eigenvalue weighted by molar-refractivity contribution is -0.107. The van der Waals surface area contributed by atoms with Gasteiger partial charge < -0.3 is 4.79 Å². The minimum Gasteiger partial charge on any atom is -0.302 e. The van der Waals surface area contributed by atoms with Gasteiger partial charge in [0.15, 0.2) is 0 Å². The lowest BCUT2D eigenvalue weighted by Gasteiger charge is -1.95. The summed E-state index contributed by atoms with van der Waals surface area (Å²) in [4.78, 5) is 22.1. The highest BCUT2D eigenvalue weighted by Gasteiger charge is 2.18. The zero-order chi connectivity index (χ0) is 10.0. The normalized spacial score (nSPS) is 12.1. The number of hydrogen-bond donors (Lipinski definition) is 1. The lowest BCUT2D eigenvalue weighted by Crippen LogP contribution is -2.11. The van der Waals surface area contributed by atoms with Crippen LogP contribution in [0.1, 0.15) is 15.7 Å². The third-order valence-electron chi connectivity index (χ3n) is 1.49. The quantitative estimate of drug-likeness (QED) is 0.575. The Morgan fingerprint density at radius 1 is 1.77 bits per heavy atom. The average Bonchev–Trinajstić information content (AvgIpc) is 2.42.